The summed E-state index contributed by atoms with van der Waals surface area (Å²) in [4.78, 5) is 7.26. The molecule has 1 N–H and O–H groups in total. The van der Waals surface area contributed by atoms with Crippen LogP contribution in [0.1, 0.15) is 31.2 Å². The molecule has 0 radical (unpaired) electrons. The number of aromatic nitrogens is 1. The van der Waals surface area contributed by atoms with Crippen LogP contribution in [-0.4, -0.2) is 11.5 Å². The number of hydrogen-bond donors (Lipinski definition) is 1. The van der Waals surface area contributed by atoms with Gasteiger partial charge in [0.15, 0.2) is 0 Å². The van der Waals surface area contributed by atoms with Crippen molar-refractivity contribution in [2.45, 2.75) is 26.3 Å². The summed E-state index contributed by atoms with van der Waals surface area (Å²) in [6, 6.07) is 15.4. The Kier molecular flexibility index (Phi) is 4.32. The minimum absolute atomic E-state index is 0.455. The normalized spacial score (nSPS) is 12.7. The molecule has 0 aliphatic heterocycles. The summed E-state index contributed by atoms with van der Waals surface area (Å²) < 4.78 is 0. The molecule has 2 heterocycles. The van der Waals surface area contributed by atoms with Gasteiger partial charge < -0.3 is 5.32 Å². The van der Waals surface area contributed by atoms with Crippen LogP contribution in [0.15, 0.2) is 48.7 Å². The first-order valence-corrected chi connectivity index (χ1v) is 8.32. The van der Waals surface area contributed by atoms with Crippen LogP contribution < -0.4 is 5.32 Å². The van der Waals surface area contributed by atoms with E-state index in [0.717, 1.165) is 18.5 Å². The minimum Gasteiger partial charge on any atom is -0.310 e. The average Bonchev–Trinajstić information content (AvgIpc) is 3.01. The third-order valence-electron chi connectivity index (χ3n) is 3.73. The molecule has 1 aromatic carbocycles. The van der Waals surface area contributed by atoms with Gasteiger partial charge in [0.2, 0.25) is 0 Å². The van der Waals surface area contributed by atoms with Crippen molar-refractivity contribution in [3.05, 3.63) is 53.5 Å². The van der Waals surface area contributed by atoms with Crippen molar-refractivity contribution >= 4 is 22.2 Å². The van der Waals surface area contributed by atoms with Crippen LogP contribution in [0, 0.1) is 0 Å². The van der Waals surface area contributed by atoms with E-state index >= 15 is 0 Å². The van der Waals surface area contributed by atoms with Crippen LogP contribution in [0.25, 0.3) is 21.3 Å². The molecule has 0 saturated heterocycles. The van der Waals surface area contributed by atoms with Crippen LogP contribution in [0.3, 0.4) is 0 Å². The fourth-order valence-electron chi connectivity index (χ4n) is 2.68. The molecule has 1 unspecified atom stereocenters. The second-order valence-corrected chi connectivity index (χ2v) is 6.22. The van der Waals surface area contributed by atoms with E-state index in [2.05, 4.69) is 60.5 Å². The molecule has 0 amide bonds. The Morgan fingerprint density at radius 1 is 1.10 bits per heavy atom. The lowest BCUT2D eigenvalue weighted by Gasteiger charge is -2.13. The second kappa shape index (κ2) is 6.37. The van der Waals surface area contributed by atoms with Crippen molar-refractivity contribution in [1.29, 1.82) is 0 Å². The van der Waals surface area contributed by atoms with Gasteiger partial charge in [0.1, 0.15) is 0 Å². The Morgan fingerprint density at radius 3 is 2.76 bits per heavy atom. The molecule has 0 aliphatic rings. The van der Waals surface area contributed by atoms with Crippen molar-refractivity contribution in [2.75, 3.05) is 6.54 Å². The molecule has 21 heavy (non-hydrogen) atoms. The van der Waals surface area contributed by atoms with Gasteiger partial charge in [-0.2, -0.15) is 0 Å². The molecule has 0 fully saturated rings. The van der Waals surface area contributed by atoms with Crippen molar-refractivity contribution in [1.82, 2.24) is 10.3 Å². The molecule has 1 atom stereocenters. The monoisotopic (exact) mass is 296 g/mol. The third kappa shape index (κ3) is 2.85. The summed E-state index contributed by atoms with van der Waals surface area (Å²) >= 11 is 1.87. The highest BCUT2D eigenvalue weighted by Crippen LogP contribution is 2.35. The summed E-state index contributed by atoms with van der Waals surface area (Å²) in [7, 11) is 0. The SMILES string of the molecule is CCNC(CC)c1ccc(-c2cccc3cccnc23)s1. The van der Waals surface area contributed by atoms with E-state index in [9.17, 15) is 0 Å². The van der Waals surface area contributed by atoms with Gasteiger partial charge in [-0.25, -0.2) is 0 Å². The van der Waals surface area contributed by atoms with Crippen molar-refractivity contribution in [2.24, 2.45) is 0 Å². The molecule has 0 spiro atoms. The summed E-state index contributed by atoms with van der Waals surface area (Å²) in [6.45, 7) is 5.39. The Morgan fingerprint density at radius 2 is 1.95 bits per heavy atom. The van der Waals surface area contributed by atoms with Gasteiger partial charge in [-0.15, -0.1) is 11.3 Å². The first-order chi connectivity index (χ1) is 10.3. The zero-order valence-electron chi connectivity index (χ0n) is 12.5. The zero-order chi connectivity index (χ0) is 14.7. The first kappa shape index (κ1) is 14.2. The number of pyridine rings is 1. The fraction of sp³-hybridized carbons (Fsp3) is 0.278. The molecule has 0 aliphatic carbocycles. The van der Waals surface area contributed by atoms with E-state index in [-0.39, 0.29) is 0 Å². The van der Waals surface area contributed by atoms with Crippen LogP contribution in [0.5, 0.6) is 0 Å². The van der Waals surface area contributed by atoms with Gasteiger partial charge in [0.25, 0.3) is 0 Å². The number of benzene rings is 1. The standard InChI is InChI=1S/C18H20N2S/c1-3-15(19-4-2)17-11-10-16(21-17)14-9-5-7-13-8-6-12-20-18(13)14/h5-12,15,19H,3-4H2,1-2H3. The summed E-state index contributed by atoms with van der Waals surface area (Å²) in [5, 5.41) is 4.74. The molecule has 3 heteroatoms. The van der Waals surface area contributed by atoms with Crippen LogP contribution in [0.4, 0.5) is 0 Å². The predicted octanol–water partition coefficient (Wildman–Crippen LogP) is 5.02. The number of fused-ring (bicyclic) bond motifs is 1. The van der Waals surface area contributed by atoms with Crippen LogP contribution >= 0.6 is 11.3 Å². The molecular weight excluding hydrogens is 276 g/mol. The lowest BCUT2D eigenvalue weighted by Crippen LogP contribution is -2.18. The molecule has 3 aromatic rings. The van der Waals surface area contributed by atoms with Gasteiger partial charge in [-0.05, 0) is 31.2 Å². The van der Waals surface area contributed by atoms with E-state index in [1.807, 2.05) is 23.6 Å². The van der Waals surface area contributed by atoms with Gasteiger partial charge in [-0.3, -0.25) is 4.98 Å². The number of nitrogens with zero attached hydrogens (tertiary/aromatic N) is 1. The second-order valence-electron chi connectivity index (χ2n) is 5.10. The van der Waals surface area contributed by atoms with Crippen LogP contribution in [-0.2, 0) is 0 Å². The Hall–Kier alpha value is -1.71. The highest BCUT2D eigenvalue weighted by molar-refractivity contribution is 7.15. The quantitative estimate of drug-likeness (QED) is 0.714. The fourth-order valence-corrected chi connectivity index (χ4v) is 3.87. The Balaban J connectivity index is 2.02. The molecule has 0 bridgehead atoms. The molecule has 3 rings (SSSR count). The van der Waals surface area contributed by atoms with Gasteiger partial charge in [0, 0.05) is 32.9 Å². The van der Waals surface area contributed by atoms with Gasteiger partial charge >= 0.3 is 0 Å². The topological polar surface area (TPSA) is 24.9 Å². The molecule has 108 valence electrons. The maximum Gasteiger partial charge on any atom is 0.0788 e. The third-order valence-corrected chi connectivity index (χ3v) is 4.96. The maximum atomic E-state index is 4.56. The summed E-state index contributed by atoms with van der Waals surface area (Å²) in [6.07, 6.45) is 2.98. The summed E-state index contributed by atoms with van der Waals surface area (Å²) in [5.41, 5.74) is 2.32. The van der Waals surface area contributed by atoms with E-state index in [4.69, 9.17) is 0 Å². The lowest BCUT2D eigenvalue weighted by molar-refractivity contribution is 0.545. The molecular formula is C18H20N2S. The van der Waals surface area contributed by atoms with E-state index < -0.39 is 0 Å². The first-order valence-electron chi connectivity index (χ1n) is 7.50. The predicted molar refractivity (Wildman–Crippen MR) is 91.8 cm³/mol. The average molecular weight is 296 g/mol. The molecule has 0 saturated carbocycles. The zero-order valence-corrected chi connectivity index (χ0v) is 13.3. The Bertz CT molecular complexity index is 727. The molecule has 2 aromatic heterocycles. The number of thiophene rings is 1. The smallest absolute Gasteiger partial charge is 0.0788 e. The number of rotatable bonds is 5. The Labute approximate surface area is 129 Å². The van der Waals surface area contributed by atoms with E-state index in [1.54, 1.807) is 0 Å². The van der Waals surface area contributed by atoms with Gasteiger partial charge in [0.05, 0.1) is 5.52 Å². The highest BCUT2D eigenvalue weighted by Gasteiger charge is 2.13. The van der Waals surface area contributed by atoms with Gasteiger partial charge in [-0.1, -0.05) is 38.1 Å². The minimum atomic E-state index is 0.455. The summed E-state index contributed by atoms with van der Waals surface area (Å²) in [5.74, 6) is 0. The largest absolute Gasteiger partial charge is 0.310 e. The number of hydrogen-bond acceptors (Lipinski definition) is 3. The van der Waals surface area contributed by atoms with E-state index in [1.165, 1.54) is 20.7 Å². The van der Waals surface area contributed by atoms with Crippen molar-refractivity contribution in [3.8, 4) is 10.4 Å². The number of nitrogens with one attached hydrogen (secondary N) is 1. The van der Waals surface area contributed by atoms with Crippen molar-refractivity contribution < 1.29 is 0 Å². The number of para-hydroxylation sites is 1. The molecule has 2 nitrogen and oxygen atoms in total. The van der Waals surface area contributed by atoms with E-state index in [0.29, 0.717) is 6.04 Å². The van der Waals surface area contributed by atoms with Crippen LogP contribution in [0.2, 0.25) is 0 Å². The van der Waals surface area contributed by atoms with Crippen molar-refractivity contribution in [3.63, 3.8) is 0 Å². The highest BCUT2D eigenvalue weighted by atomic mass is 32.1. The lowest BCUT2D eigenvalue weighted by atomic mass is 10.1. The maximum absolute atomic E-state index is 4.56.